The van der Waals surface area contributed by atoms with Crippen LogP contribution in [-0.4, -0.2) is 181 Å². The van der Waals surface area contributed by atoms with E-state index in [1.807, 2.05) is 62.5 Å². The molecule has 0 spiro atoms. The summed E-state index contributed by atoms with van der Waals surface area (Å²) in [6.45, 7) is 21.9. The van der Waals surface area contributed by atoms with Gasteiger partial charge in [-0.1, -0.05) is 39.7 Å². The summed E-state index contributed by atoms with van der Waals surface area (Å²) in [5.41, 5.74) is -3.34. The minimum absolute atomic E-state index is 0.0380. The van der Waals surface area contributed by atoms with Crippen molar-refractivity contribution in [3.63, 3.8) is 0 Å². The van der Waals surface area contributed by atoms with Gasteiger partial charge in [-0.15, -0.1) is 5.92 Å². The van der Waals surface area contributed by atoms with Gasteiger partial charge in [0.15, 0.2) is 25.3 Å². The standard InChI is InChI=1S/C60H93N3O17/c1-17-20-28-74-56(70)42-33-63(19-3)43-24-23-40(30-41(43)49(42)66)22-21-26-61-27-25-46(64)78-54-39(9)76-47(32-59(54,11)73-16)79-51-37(7)53(80-57-50(67)44(62(13)14)29-35(5)75-57)58(10,72-15)31-34(4)48(65)36(6)52(68)60(12,71)45(18-2)77-55(69)38(51)8/h23-24,30,33-39,44-45,47,50-54,57,61,67-68,71H,18-19,21-22,25-29,31-32H2,1-16H3/t34-,35+,36-,37+,38+,39-,44-,45-,47+,50-,51+,52+,53-,54+,57-,58+,59-,60+/m0/s1. The zero-order valence-electron chi connectivity index (χ0n) is 50.2. The molecule has 0 bridgehead atoms. The summed E-state index contributed by atoms with van der Waals surface area (Å²) < 4.78 is 58.5. The molecule has 3 aliphatic rings. The number of cyclic esters (lactones) is 1. The van der Waals surface area contributed by atoms with Crippen molar-refractivity contribution in [2.24, 2.45) is 23.7 Å². The third-order valence-corrected chi connectivity index (χ3v) is 17.0. The summed E-state index contributed by atoms with van der Waals surface area (Å²) in [4.78, 5) is 70.5. The number of methoxy groups -OCH3 is 2. The lowest BCUT2D eigenvalue weighted by Crippen LogP contribution is -2.61. The van der Waals surface area contributed by atoms with Crippen LogP contribution in [0, 0.1) is 35.5 Å². The van der Waals surface area contributed by atoms with Gasteiger partial charge in [0.1, 0.15) is 34.8 Å². The van der Waals surface area contributed by atoms with Crippen molar-refractivity contribution >= 4 is 34.6 Å². The van der Waals surface area contributed by atoms with E-state index in [-0.39, 0.29) is 55.8 Å². The van der Waals surface area contributed by atoms with Gasteiger partial charge >= 0.3 is 17.9 Å². The lowest BCUT2D eigenvalue weighted by atomic mass is 9.74. The zero-order chi connectivity index (χ0) is 59.6. The molecule has 20 heteroatoms. The van der Waals surface area contributed by atoms with Gasteiger partial charge in [0, 0.05) is 69.1 Å². The minimum atomic E-state index is -2.03. The molecule has 18 atom stereocenters. The number of fused-ring (bicyclic) bond motifs is 1. The summed E-state index contributed by atoms with van der Waals surface area (Å²) in [5.74, 6) is -0.697. The van der Waals surface area contributed by atoms with Crippen LogP contribution < -0.4 is 10.7 Å². The van der Waals surface area contributed by atoms with Crippen LogP contribution in [0.4, 0.5) is 0 Å². The number of Topliss-reactive ketones (excluding diaryl/α,β-unsaturated/α-hetero) is 1. The Morgan fingerprint density at radius 2 is 1.59 bits per heavy atom. The molecule has 0 saturated carbocycles. The van der Waals surface area contributed by atoms with Crippen LogP contribution in [0.5, 0.6) is 0 Å². The van der Waals surface area contributed by atoms with E-state index in [1.165, 1.54) is 27.3 Å². The van der Waals surface area contributed by atoms with Crippen LogP contribution in [0.25, 0.3) is 10.9 Å². The largest absolute Gasteiger partial charge is 0.459 e. The Labute approximate surface area is 473 Å². The van der Waals surface area contributed by atoms with Crippen molar-refractivity contribution in [1.29, 1.82) is 0 Å². The molecule has 450 valence electrons. The SMILES string of the molecule is CC#CCOC(=O)c1cn(CC)c2ccc(CCCNCCC(=O)O[C@@H]3[C@H](C)O[C@H](O[C@@H]4[C@@H](C)[C@H](O[C@@H]5O[C@H](C)C[C@H](N(C)C)[C@@H]5O)[C@](C)(OC)C[C@H](C)C(=O)[C@H](C)[C@@H](O)[C@](C)(O)[C@H](CC)OC(=O)[C@@H]4C)C[C@]3(C)OC)cc2c1=O. The second-order valence-corrected chi connectivity index (χ2v) is 23.2. The molecule has 20 nitrogen and oxygen atoms in total. The van der Waals surface area contributed by atoms with Crippen molar-refractivity contribution in [2.45, 2.75) is 219 Å². The second kappa shape index (κ2) is 28.7. The van der Waals surface area contributed by atoms with E-state index in [0.29, 0.717) is 49.8 Å². The highest BCUT2D eigenvalue weighted by Gasteiger charge is 2.55. The fourth-order valence-electron chi connectivity index (χ4n) is 12.0. The Morgan fingerprint density at radius 1 is 0.912 bits per heavy atom. The number of esters is 3. The van der Waals surface area contributed by atoms with Crippen LogP contribution in [0.3, 0.4) is 0 Å². The Hall–Kier alpha value is -4.37. The molecule has 0 unspecified atom stereocenters. The van der Waals surface area contributed by atoms with Gasteiger partial charge in [-0.05, 0) is 126 Å². The minimum Gasteiger partial charge on any atom is -0.459 e. The molecular formula is C60H93N3O17. The number of nitrogens with one attached hydrogen (secondary N) is 1. The van der Waals surface area contributed by atoms with E-state index < -0.39 is 119 Å². The first-order chi connectivity index (χ1) is 37.6. The second-order valence-electron chi connectivity index (χ2n) is 23.2. The molecule has 4 N–H and O–H groups in total. The number of aryl methyl sites for hydroxylation is 2. The molecule has 3 saturated heterocycles. The number of pyridine rings is 1. The van der Waals surface area contributed by atoms with Gasteiger partial charge in [-0.3, -0.25) is 19.2 Å². The number of likely N-dealkylation sites (N-methyl/N-ethyl adjacent to an activating group) is 1. The third kappa shape index (κ3) is 15.4. The number of carbonyl (C=O) groups is 4. The Balaban J connectivity index is 1.33. The Morgan fingerprint density at radius 3 is 2.21 bits per heavy atom. The van der Waals surface area contributed by atoms with Crippen LogP contribution in [0.2, 0.25) is 0 Å². The first-order valence-corrected chi connectivity index (χ1v) is 28.5. The number of ketones is 1. The number of benzene rings is 1. The Bertz CT molecular complexity index is 2540. The highest BCUT2D eigenvalue weighted by Crippen LogP contribution is 2.42. The fraction of sp³-hybridized carbons (Fsp3) is 0.750. The summed E-state index contributed by atoms with van der Waals surface area (Å²) in [6, 6.07) is 5.32. The number of aliphatic hydroxyl groups excluding tert-OH is 2. The van der Waals surface area contributed by atoms with Crippen LogP contribution in [-0.2, 0) is 70.0 Å². The van der Waals surface area contributed by atoms with Crippen molar-refractivity contribution < 1.29 is 77.1 Å². The van der Waals surface area contributed by atoms with Crippen molar-refractivity contribution in [2.75, 3.05) is 48.0 Å². The van der Waals surface area contributed by atoms with Crippen LogP contribution in [0.15, 0.2) is 29.2 Å². The summed E-state index contributed by atoms with van der Waals surface area (Å²) in [7, 11) is 6.74. The topological polar surface area (TPSA) is 249 Å². The fourth-order valence-corrected chi connectivity index (χ4v) is 12.0. The summed E-state index contributed by atoms with van der Waals surface area (Å²) in [6.07, 6.45) is -6.70. The maximum atomic E-state index is 14.6. The molecule has 3 aliphatic heterocycles. The van der Waals surface area contributed by atoms with E-state index in [9.17, 15) is 39.3 Å². The number of ether oxygens (including phenoxy) is 9. The molecule has 80 heavy (non-hydrogen) atoms. The van der Waals surface area contributed by atoms with E-state index in [2.05, 4.69) is 17.2 Å². The van der Waals surface area contributed by atoms with Crippen molar-refractivity contribution in [3.05, 3.63) is 45.7 Å². The molecule has 2 aromatic rings. The predicted octanol–water partition coefficient (Wildman–Crippen LogP) is 5.12. The number of aromatic nitrogens is 1. The molecule has 0 amide bonds. The third-order valence-electron chi connectivity index (χ3n) is 17.0. The van der Waals surface area contributed by atoms with Gasteiger partial charge in [-0.2, -0.15) is 0 Å². The van der Waals surface area contributed by atoms with Gasteiger partial charge < -0.3 is 72.7 Å². The number of rotatable bonds is 19. The normalized spacial score (nSPS) is 35.7. The average molecular weight is 1130 g/mol. The smallest absolute Gasteiger partial charge is 0.344 e. The maximum absolute atomic E-state index is 14.6. The number of hydrogen-bond acceptors (Lipinski definition) is 19. The van der Waals surface area contributed by atoms with E-state index in [1.54, 1.807) is 55.4 Å². The van der Waals surface area contributed by atoms with Gasteiger partial charge in [0.05, 0.1) is 54.0 Å². The number of carbonyl (C=O) groups excluding carboxylic acids is 4. The van der Waals surface area contributed by atoms with Crippen molar-refractivity contribution in [1.82, 2.24) is 14.8 Å². The monoisotopic (exact) mass is 1130 g/mol. The molecule has 5 rings (SSSR count). The number of aliphatic hydroxyl groups is 3. The lowest BCUT2D eigenvalue weighted by molar-refractivity contribution is -0.320. The van der Waals surface area contributed by atoms with Gasteiger partial charge in [-0.25, -0.2) is 4.79 Å². The summed E-state index contributed by atoms with van der Waals surface area (Å²) in [5, 5.41) is 39.0. The van der Waals surface area contributed by atoms with Crippen LogP contribution in [0.1, 0.15) is 138 Å². The van der Waals surface area contributed by atoms with E-state index in [0.717, 1.165) is 5.56 Å². The molecule has 0 aliphatic carbocycles. The Kier molecular flexibility index (Phi) is 23.9. The highest BCUT2D eigenvalue weighted by atomic mass is 16.7. The first-order valence-electron chi connectivity index (χ1n) is 28.5. The molecule has 4 heterocycles. The molecule has 1 aromatic carbocycles. The zero-order valence-corrected chi connectivity index (χ0v) is 50.2. The number of hydrogen-bond donors (Lipinski definition) is 4. The predicted molar refractivity (Wildman–Crippen MR) is 298 cm³/mol. The van der Waals surface area contributed by atoms with Crippen molar-refractivity contribution in [3.8, 4) is 11.8 Å². The maximum Gasteiger partial charge on any atom is 0.344 e. The lowest BCUT2D eigenvalue weighted by Gasteiger charge is -2.50. The van der Waals surface area contributed by atoms with E-state index in [4.69, 9.17) is 42.6 Å². The quantitative estimate of drug-likeness (QED) is 0.0617. The van der Waals surface area contributed by atoms with E-state index >= 15 is 0 Å². The van der Waals surface area contributed by atoms with Crippen LogP contribution >= 0.6 is 0 Å². The average Bonchev–Trinajstić information content (AvgIpc) is 3.47. The molecule has 3 fully saturated rings. The highest BCUT2D eigenvalue weighted by molar-refractivity contribution is 5.94. The van der Waals surface area contributed by atoms with Gasteiger partial charge in [0.2, 0.25) is 5.43 Å². The molecule has 0 radical (unpaired) electrons. The molecule has 1 aromatic heterocycles. The van der Waals surface area contributed by atoms with Gasteiger partial charge in [0.25, 0.3) is 0 Å². The number of nitrogens with zero attached hydrogens (tertiary/aromatic N) is 2. The molecular weight excluding hydrogens is 1030 g/mol. The summed E-state index contributed by atoms with van der Waals surface area (Å²) >= 11 is 0. The first kappa shape index (κ1) is 66.4.